The molecule has 6 nitrogen and oxygen atoms in total. The monoisotopic (exact) mass is 933 g/mol. The normalized spacial score (nSPS) is 12.4. The van der Waals surface area contributed by atoms with Crippen molar-refractivity contribution in [2.24, 2.45) is 5.92 Å². The lowest BCUT2D eigenvalue weighted by Crippen LogP contribution is -2.30. The highest BCUT2D eigenvalue weighted by atomic mass is 16.6. The highest BCUT2D eigenvalue weighted by molar-refractivity contribution is 5.71. The molecule has 0 amide bonds. The van der Waals surface area contributed by atoms with Crippen LogP contribution in [0.25, 0.3) is 0 Å². The number of ether oxygens (including phenoxy) is 3. The molecule has 0 fully saturated rings. The molecular weight excluding hydrogens is 817 g/mol. The van der Waals surface area contributed by atoms with Crippen molar-refractivity contribution in [2.75, 3.05) is 13.2 Å². The highest BCUT2D eigenvalue weighted by Gasteiger charge is 2.19. The number of hydrogen-bond donors (Lipinski definition) is 0. The molecule has 0 radical (unpaired) electrons. The van der Waals surface area contributed by atoms with E-state index in [-0.39, 0.29) is 31.1 Å². The fourth-order valence-electron chi connectivity index (χ4n) is 9.25. The number of carbonyl (C=O) groups excluding carboxylic acids is 3. The second-order valence-corrected chi connectivity index (χ2v) is 20.9. The van der Waals surface area contributed by atoms with Gasteiger partial charge in [-0.2, -0.15) is 0 Å². The maximum Gasteiger partial charge on any atom is 0.306 e. The molecule has 0 aromatic carbocycles. The van der Waals surface area contributed by atoms with Crippen LogP contribution < -0.4 is 0 Å². The largest absolute Gasteiger partial charge is 0.462 e. The van der Waals surface area contributed by atoms with Crippen LogP contribution in [0.3, 0.4) is 0 Å². The van der Waals surface area contributed by atoms with Crippen LogP contribution in [-0.4, -0.2) is 37.2 Å². The summed E-state index contributed by atoms with van der Waals surface area (Å²) in [6.45, 7) is 9.11. The summed E-state index contributed by atoms with van der Waals surface area (Å²) in [6, 6.07) is 0. The van der Waals surface area contributed by atoms with E-state index in [0.29, 0.717) is 19.3 Å². The Balaban J connectivity index is 4.23. The summed E-state index contributed by atoms with van der Waals surface area (Å²) in [7, 11) is 0. The molecule has 1 unspecified atom stereocenters. The van der Waals surface area contributed by atoms with Gasteiger partial charge in [0.15, 0.2) is 6.10 Å². The summed E-state index contributed by atoms with van der Waals surface area (Å²) < 4.78 is 16.9. The van der Waals surface area contributed by atoms with Crippen molar-refractivity contribution in [1.82, 2.24) is 0 Å². The molecule has 0 spiro atoms. The maximum absolute atomic E-state index is 12.9. The smallest absolute Gasteiger partial charge is 0.306 e. The lowest BCUT2D eigenvalue weighted by molar-refractivity contribution is -0.167. The van der Waals surface area contributed by atoms with E-state index in [1.54, 1.807) is 0 Å². The van der Waals surface area contributed by atoms with Gasteiger partial charge in [-0.1, -0.05) is 304 Å². The van der Waals surface area contributed by atoms with Crippen LogP contribution in [0.1, 0.15) is 342 Å². The van der Waals surface area contributed by atoms with Gasteiger partial charge in [0.1, 0.15) is 13.2 Å². The fraction of sp³-hybridized carbons (Fsp3) is 0.950. The van der Waals surface area contributed by atoms with Crippen LogP contribution in [0.4, 0.5) is 0 Å². The van der Waals surface area contributed by atoms with Gasteiger partial charge in [-0.3, -0.25) is 14.4 Å². The minimum atomic E-state index is -0.761. The second kappa shape index (κ2) is 54.4. The summed E-state index contributed by atoms with van der Waals surface area (Å²) >= 11 is 0. The van der Waals surface area contributed by atoms with Crippen LogP contribution in [0.5, 0.6) is 0 Å². The van der Waals surface area contributed by atoms with E-state index in [2.05, 4.69) is 27.7 Å². The van der Waals surface area contributed by atoms with Crippen molar-refractivity contribution < 1.29 is 28.6 Å². The van der Waals surface area contributed by atoms with Crippen molar-refractivity contribution in [1.29, 1.82) is 0 Å². The molecule has 392 valence electrons. The Morgan fingerprint density at radius 3 is 0.788 bits per heavy atom. The summed E-state index contributed by atoms with van der Waals surface area (Å²) in [5.41, 5.74) is 0. The number of rotatable bonds is 55. The Morgan fingerprint density at radius 2 is 0.530 bits per heavy atom. The quantitative estimate of drug-likeness (QED) is 0.0343. The van der Waals surface area contributed by atoms with Crippen LogP contribution in [0.15, 0.2) is 0 Å². The SMILES string of the molecule is CCCCCCCCCCCCCCCCC(=O)OC[C@@H](COC(=O)CCCCCCCCCCCCCC)OC(=O)CCCCCCCCCCCCCCCCCCCCC(C)CC. The molecule has 66 heavy (non-hydrogen) atoms. The Morgan fingerprint density at radius 1 is 0.303 bits per heavy atom. The predicted octanol–water partition coefficient (Wildman–Crippen LogP) is 19.8. The topological polar surface area (TPSA) is 78.9 Å². The molecule has 0 saturated carbocycles. The van der Waals surface area contributed by atoms with E-state index in [4.69, 9.17) is 14.2 Å². The van der Waals surface area contributed by atoms with E-state index in [9.17, 15) is 14.4 Å². The zero-order valence-electron chi connectivity index (χ0n) is 45.2. The average Bonchev–Trinajstić information content (AvgIpc) is 3.32. The Kier molecular flexibility index (Phi) is 53.0. The molecule has 6 heteroatoms. The summed E-state index contributed by atoms with van der Waals surface area (Å²) in [4.78, 5) is 38.1. The molecule has 0 rings (SSSR count). The summed E-state index contributed by atoms with van der Waals surface area (Å²) in [5.74, 6) is 0.0756. The molecule has 0 N–H and O–H groups in total. The van der Waals surface area contributed by atoms with Gasteiger partial charge < -0.3 is 14.2 Å². The number of hydrogen-bond acceptors (Lipinski definition) is 6. The van der Waals surface area contributed by atoms with Crippen molar-refractivity contribution in [3.63, 3.8) is 0 Å². The molecule has 0 aromatic heterocycles. The Hall–Kier alpha value is -1.59. The van der Waals surface area contributed by atoms with Crippen molar-refractivity contribution >= 4 is 17.9 Å². The standard InChI is InChI=1S/C60H116O6/c1-5-8-10-12-14-16-18-20-28-32-36-40-44-48-52-59(62)65-55-57(54-64-58(61)51-47-43-39-35-31-19-17-15-13-11-9-6-2)66-60(63)53-49-45-41-37-33-29-26-24-22-21-23-25-27-30-34-38-42-46-50-56(4)7-3/h56-57H,5-55H2,1-4H3/t56?,57-/m1/s1. The van der Waals surface area contributed by atoms with Crippen LogP contribution in [0, 0.1) is 5.92 Å². The van der Waals surface area contributed by atoms with Crippen LogP contribution in [0.2, 0.25) is 0 Å². The van der Waals surface area contributed by atoms with Crippen molar-refractivity contribution in [3.8, 4) is 0 Å². The first-order valence-electron chi connectivity index (χ1n) is 29.9. The number of esters is 3. The van der Waals surface area contributed by atoms with Gasteiger partial charge in [0.25, 0.3) is 0 Å². The molecular formula is C60H116O6. The molecule has 0 saturated heterocycles. The van der Waals surface area contributed by atoms with Crippen molar-refractivity contribution in [2.45, 2.75) is 348 Å². The first-order valence-corrected chi connectivity index (χ1v) is 29.9. The van der Waals surface area contributed by atoms with Crippen LogP contribution in [-0.2, 0) is 28.6 Å². The zero-order chi connectivity index (χ0) is 48.1. The summed E-state index contributed by atoms with van der Waals surface area (Å²) in [5, 5.41) is 0. The summed E-state index contributed by atoms with van der Waals surface area (Å²) in [6.07, 6.45) is 59.5. The van der Waals surface area contributed by atoms with E-state index in [0.717, 1.165) is 63.7 Å². The maximum atomic E-state index is 12.9. The van der Waals surface area contributed by atoms with Gasteiger partial charge in [0.2, 0.25) is 0 Å². The van der Waals surface area contributed by atoms with E-state index in [1.165, 1.54) is 238 Å². The van der Waals surface area contributed by atoms with Gasteiger partial charge in [0, 0.05) is 19.3 Å². The van der Waals surface area contributed by atoms with E-state index in [1.807, 2.05) is 0 Å². The second-order valence-electron chi connectivity index (χ2n) is 20.9. The third-order valence-corrected chi connectivity index (χ3v) is 14.2. The number of unbranched alkanes of at least 4 members (excludes halogenated alkanes) is 41. The van der Waals surface area contributed by atoms with Gasteiger partial charge >= 0.3 is 17.9 Å². The van der Waals surface area contributed by atoms with Gasteiger partial charge in [-0.15, -0.1) is 0 Å². The van der Waals surface area contributed by atoms with E-state index >= 15 is 0 Å². The minimum Gasteiger partial charge on any atom is -0.462 e. The first kappa shape index (κ1) is 64.4. The highest BCUT2D eigenvalue weighted by Crippen LogP contribution is 2.19. The van der Waals surface area contributed by atoms with Crippen molar-refractivity contribution in [3.05, 3.63) is 0 Å². The zero-order valence-corrected chi connectivity index (χ0v) is 45.2. The Labute approximate surface area is 412 Å². The molecule has 0 heterocycles. The first-order chi connectivity index (χ1) is 32.4. The lowest BCUT2D eigenvalue weighted by Gasteiger charge is -2.18. The van der Waals surface area contributed by atoms with Gasteiger partial charge in [0.05, 0.1) is 0 Å². The molecule has 2 atom stereocenters. The molecule has 0 bridgehead atoms. The predicted molar refractivity (Wildman–Crippen MR) is 284 cm³/mol. The molecule has 0 aliphatic carbocycles. The molecule has 0 aliphatic rings. The Bertz CT molecular complexity index is 998. The third kappa shape index (κ3) is 51.8. The molecule has 0 aliphatic heterocycles. The van der Waals surface area contributed by atoms with E-state index < -0.39 is 6.10 Å². The lowest BCUT2D eigenvalue weighted by atomic mass is 9.99. The number of carbonyl (C=O) groups is 3. The van der Waals surface area contributed by atoms with Gasteiger partial charge in [-0.05, 0) is 25.2 Å². The fourth-order valence-corrected chi connectivity index (χ4v) is 9.25. The average molecular weight is 934 g/mol. The van der Waals surface area contributed by atoms with Gasteiger partial charge in [-0.25, -0.2) is 0 Å². The van der Waals surface area contributed by atoms with Crippen LogP contribution >= 0.6 is 0 Å². The minimum absolute atomic E-state index is 0.0616. The molecule has 0 aromatic rings. The third-order valence-electron chi connectivity index (χ3n) is 14.2.